The molecule has 0 spiro atoms. The molecule has 26 heavy (non-hydrogen) atoms. The van der Waals surface area contributed by atoms with Crippen molar-refractivity contribution < 1.29 is 4.79 Å². The molecule has 0 N–H and O–H groups in total. The van der Waals surface area contributed by atoms with Crippen molar-refractivity contribution in [2.75, 3.05) is 32.7 Å². The van der Waals surface area contributed by atoms with Crippen molar-refractivity contribution in [2.24, 2.45) is 11.8 Å². The first-order valence-corrected chi connectivity index (χ1v) is 10.8. The van der Waals surface area contributed by atoms with E-state index in [1.807, 2.05) is 0 Å². The summed E-state index contributed by atoms with van der Waals surface area (Å²) in [6.45, 7) is 8.01. The largest absolute Gasteiger partial charge is 0.342 e. The van der Waals surface area contributed by atoms with Gasteiger partial charge in [0.05, 0.1) is 5.92 Å². The monoisotopic (exact) mass is 354 g/mol. The van der Waals surface area contributed by atoms with Crippen LogP contribution >= 0.6 is 0 Å². The number of amides is 1. The Morgan fingerprint density at radius 2 is 1.85 bits per heavy atom. The van der Waals surface area contributed by atoms with Crippen molar-refractivity contribution >= 4 is 5.91 Å². The SMILES string of the molecule is CC1CCN(C[C@@H]2CCCN(C(=O)[C@@H]3CCCc4ccccc43)C2)CC1. The van der Waals surface area contributed by atoms with E-state index in [1.165, 1.54) is 56.4 Å². The molecule has 1 amide bonds. The minimum atomic E-state index is 0.106. The molecule has 1 aromatic carbocycles. The number of likely N-dealkylation sites (tertiary alicyclic amines) is 2. The lowest BCUT2D eigenvalue weighted by Crippen LogP contribution is -2.46. The van der Waals surface area contributed by atoms with Crippen LogP contribution in [0.1, 0.15) is 62.5 Å². The number of hydrogen-bond donors (Lipinski definition) is 0. The first-order valence-electron chi connectivity index (χ1n) is 10.8. The van der Waals surface area contributed by atoms with Crippen LogP contribution in [-0.4, -0.2) is 48.4 Å². The van der Waals surface area contributed by atoms with Gasteiger partial charge in [-0.2, -0.15) is 0 Å². The van der Waals surface area contributed by atoms with Crippen LogP contribution in [0.4, 0.5) is 0 Å². The number of hydrogen-bond acceptors (Lipinski definition) is 2. The summed E-state index contributed by atoms with van der Waals surface area (Å²) < 4.78 is 0. The van der Waals surface area contributed by atoms with Gasteiger partial charge in [-0.15, -0.1) is 0 Å². The van der Waals surface area contributed by atoms with Crippen molar-refractivity contribution in [3.05, 3.63) is 35.4 Å². The van der Waals surface area contributed by atoms with Gasteiger partial charge in [-0.05, 0) is 81.0 Å². The second-order valence-corrected chi connectivity index (χ2v) is 8.92. The van der Waals surface area contributed by atoms with E-state index < -0.39 is 0 Å². The van der Waals surface area contributed by atoms with Crippen molar-refractivity contribution in [3.8, 4) is 0 Å². The van der Waals surface area contributed by atoms with Gasteiger partial charge in [-0.3, -0.25) is 4.79 Å². The van der Waals surface area contributed by atoms with E-state index in [-0.39, 0.29) is 5.92 Å². The Bertz CT molecular complexity index is 620. The van der Waals surface area contributed by atoms with Crippen LogP contribution in [0.15, 0.2) is 24.3 Å². The van der Waals surface area contributed by atoms with Crippen molar-refractivity contribution in [3.63, 3.8) is 0 Å². The molecule has 0 bridgehead atoms. The van der Waals surface area contributed by atoms with Gasteiger partial charge >= 0.3 is 0 Å². The molecular formula is C23H34N2O. The Hall–Kier alpha value is -1.35. The lowest BCUT2D eigenvalue weighted by molar-refractivity contribution is -0.135. The van der Waals surface area contributed by atoms with E-state index in [0.29, 0.717) is 11.8 Å². The number of aryl methyl sites for hydroxylation is 1. The third kappa shape index (κ3) is 3.98. The molecule has 2 saturated heterocycles. The summed E-state index contributed by atoms with van der Waals surface area (Å²) in [4.78, 5) is 18.2. The standard InChI is InChI=1S/C23H34N2O/c1-18-11-14-24(15-12-18)16-19-6-5-13-25(17-19)23(26)22-10-4-8-20-7-2-3-9-21(20)22/h2-3,7,9,18-19,22H,4-6,8,10-17H2,1H3/t19-,22+/m0/s1. The molecule has 1 aliphatic carbocycles. The summed E-state index contributed by atoms with van der Waals surface area (Å²) in [5, 5.41) is 0. The summed E-state index contributed by atoms with van der Waals surface area (Å²) in [5.41, 5.74) is 2.70. The highest BCUT2D eigenvalue weighted by atomic mass is 16.2. The van der Waals surface area contributed by atoms with Crippen LogP contribution in [0.5, 0.6) is 0 Å². The zero-order valence-electron chi connectivity index (χ0n) is 16.3. The molecule has 1 aromatic rings. The maximum Gasteiger partial charge on any atom is 0.230 e. The molecule has 4 rings (SSSR count). The number of piperidine rings is 2. The molecule has 0 saturated carbocycles. The molecule has 3 nitrogen and oxygen atoms in total. The van der Waals surface area contributed by atoms with Crippen LogP contribution in [0.3, 0.4) is 0 Å². The van der Waals surface area contributed by atoms with Gasteiger partial charge in [0.15, 0.2) is 0 Å². The van der Waals surface area contributed by atoms with Crippen LogP contribution in [0, 0.1) is 11.8 Å². The Morgan fingerprint density at radius 1 is 1.04 bits per heavy atom. The first kappa shape index (κ1) is 18.0. The van der Waals surface area contributed by atoms with Crippen molar-refractivity contribution in [1.82, 2.24) is 9.80 Å². The summed E-state index contributed by atoms with van der Waals surface area (Å²) in [7, 11) is 0. The topological polar surface area (TPSA) is 23.6 Å². The Balaban J connectivity index is 1.38. The second-order valence-electron chi connectivity index (χ2n) is 8.92. The van der Waals surface area contributed by atoms with E-state index in [4.69, 9.17) is 0 Å². The molecular weight excluding hydrogens is 320 g/mol. The normalized spacial score (nSPS) is 28.0. The highest BCUT2D eigenvalue weighted by molar-refractivity contribution is 5.84. The lowest BCUT2D eigenvalue weighted by Gasteiger charge is -2.39. The van der Waals surface area contributed by atoms with Gasteiger partial charge in [-0.25, -0.2) is 0 Å². The number of fused-ring (bicyclic) bond motifs is 1. The zero-order chi connectivity index (χ0) is 17.9. The minimum absolute atomic E-state index is 0.106. The van der Waals surface area contributed by atoms with Crippen LogP contribution < -0.4 is 0 Å². The first-order chi connectivity index (χ1) is 12.7. The average Bonchev–Trinajstić information content (AvgIpc) is 2.69. The highest BCUT2D eigenvalue weighted by Crippen LogP contribution is 2.34. The van der Waals surface area contributed by atoms with Gasteiger partial charge in [0.2, 0.25) is 5.91 Å². The van der Waals surface area contributed by atoms with Crippen LogP contribution in [0.2, 0.25) is 0 Å². The maximum absolute atomic E-state index is 13.3. The molecule has 2 fully saturated rings. The number of carbonyl (C=O) groups excluding carboxylic acids is 1. The quantitative estimate of drug-likeness (QED) is 0.817. The predicted octanol–water partition coefficient (Wildman–Crippen LogP) is 4.08. The van der Waals surface area contributed by atoms with E-state index >= 15 is 0 Å². The Labute approximate surface area is 158 Å². The molecule has 2 aliphatic heterocycles. The van der Waals surface area contributed by atoms with Crippen molar-refractivity contribution in [1.29, 1.82) is 0 Å². The van der Waals surface area contributed by atoms with Gasteiger partial charge in [-0.1, -0.05) is 31.2 Å². The summed E-state index contributed by atoms with van der Waals surface area (Å²) in [6, 6.07) is 8.61. The van der Waals surface area contributed by atoms with E-state index in [0.717, 1.165) is 38.3 Å². The van der Waals surface area contributed by atoms with Gasteiger partial charge < -0.3 is 9.80 Å². The Morgan fingerprint density at radius 3 is 2.69 bits per heavy atom. The molecule has 0 radical (unpaired) electrons. The van der Waals surface area contributed by atoms with E-state index in [2.05, 4.69) is 41.0 Å². The number of rotatable bonds is 3. The van der Waals surface area contributed by atoms with Crippen molar-refractivity contribution in [2.45, 2.75) is 57.8 Å². The number of carbonyl (C=O) groups is 1. The lowest BCUT2D eigenvalue weighted by atomic mass is 9.81. The van der Waals surface area contributed by atoms with Gasteiger partial charge in [0, 0.05) is 19.6 Å². The second kappa shape index (κ2) is 8.12. The third-order valence-electron chi connectivity index (χ3n) is 6.89. The van der Waals surface area contributed by atoms with E-state index in [9.17, 15) is 4.79 Å². The molecule has 2 heterocycles. The zero-order valence-corrected chi connectivity index (χ0v) is 16.3. The third-order valence-corrected chi connectivity index (χ3v) is 6.89. The molecule has 0 aromatic heterocycles. The fourth-order valence-corrected chi connectivity index (χ4v) is 5.25. The van der Waals surface area contributed by atoms with Gasteiger partial charge in [0.1, 0.15) is 0 Å². The fraction of sp³-hybridized carbons (Fsp3) is 0.696. The Kier molecular flexibility index (Phi) is 5.63. The highest BCUT2D eigenvalue weighted by Gasteiger charge is 2.33. The molecule has 3 aliphatic rings. The van der Waals surface area contributed by atoms with Crippen LogP contribution in [-0.2, 0) is 11.2 Å². The molecule has 142 valence electrons. The minimum Gasteiger partial charge on any atom is -0.342 e. The average molecular weight is 355 g/mol. The van der Waals surface area contributed by atoms with Crippen LogP contribution in [0.25, 0.3) is 0 Å². The van der Waals surface area contributed by atoms with Gasteiger partial charge in [0.25, 0.3) is 0 Å². The summed E-state index contributed by atoms with van der Waals surface area (Å²) in [6.07, 6.45) is 8.46. The predicted molar refractivity (Wildman–Crippen MR) is 106 cm³/mol. The molecule has 2 atom stereocenters. The summed E-state index contributed by atoms with van der Waals surface area (Å²) in [5.74, 6) is 2.06. The maximum atomic E-state index is 13.3. The number of nitrogens with zero attached hydrogens (tertiary/aromatic N) is 2. The summed E-state index contributed by atoms with van der Waals surface area (Å²) >= 11 is 0. The fourth-order valence-electron chi connectivity index (χ4n) is 5.25. The number of benzene rings is 1. The smallest absolute Gasteiger partial charge is 0.230 e. The molecule has 3 heteroatoms. The van der Waals surface area contributed by atoms with E-state index in [1.54, 1.807) is 0 Å². The molecule has 0 unspecified atom stereocenters.